The zero-order valence-electron chi connectivity index (χ0n) is 15.2. The van der Waals surface area contributed by atoms with Crippen LogP contribution < -0.4 is 5.32 Å². The van der Waals surface area contributed by atoms with Crippen LogP contribution in [-0.4, -0.2) is 34.9 Å². The molecule has 2 aliphatic rings. The molecule has 25 heavy (non-hydrogen) atoms. The maximum Gasteiger partial charge on any atom is 0.242 e. The van der Waals surface area contributed by atoms with Crippen molar-refractivity contribution in [1.29, 1.82) is 0 Å². The molecule has 1 aromatic carbocycles. The lowest BCUT2D eigenvalue weighted by molar-refractivity contribution is -0.131. The van der Waals surface area contributed by atoms with Crippen LogP contribution in [-0.2, 0) is 4.79 Å². The SMILES string of the molecule is Cc1cc(C)cc(-c2ccnc(C3CCC4(CCN(C)C4=O)N3)c2)c1. The summed E-state index contributed by atoms with van der Waals surface area (Å²) in [5.41, 5.74) is 5.63. The van der Waals surface area contributed by atoms with Gasteiger partial charge in [0.05, 0.1) is 11.7 Å². The fourth-order valence-electron chi connectivity index (χ4n) is 4.35. The van der Waals surface area contributed by atoms with Crippen molar-refractivity contribution >= 4 is 5.91 Å². The molecule has 1 N–H and O–H groups in total. The molecule has 0 radical (unpaired) electrons. The van der Waals surface area contributed by atoms with Gasteiger partial charge in [-0.2, -0.15) is 0 Å². The zero-order chi connectivity index (χ0) is 17.6. The first kappa shape index (κ1) is 16.3. The first-order valence-electron chi connectivity index (χ1n) is 9.05. The standard InChI is InChI=1S/C21H25N3O/c1-14-10-15(2)12-17(11-14)16-5-8-22-19(13-16)18-4-6-21(23-18)7-9-24(3)20(21)25/h5,8,10-13,18,23H,4,6-7,9H2,1-3H3. The fourth-order valence-corrected chi connectivity index (χ4v) is 4.35. The molecule has 0 aliphatic carbocycles. The average Bonchev–Trinajstić information content (AvgIpc) is 3.14. The molecule has 2 fully saturated rings. The molecule has 2 unspecified atom stereocenters. The maximum atomic E-state index is 12.5. The van der Waals surface area contributed by atoms with Gasteiger partial charge in [0.2, 0.25) is 5.91 Å². The van der Waals surface area contributed by atoms with Crippen molar-refractivity contribution in [1.82, 2.24) is 15.2 Å². The number of carbonyl (C=O) groups is 1. The molecule has 2 saturated heterocycles. The summed E-state index contributed by atoms with van der Waals surface area (Å²) in [7, 11) is 1.89. The van der Waals surface area contributed by atoms with E-state index in [4.69, 9.17) is 0 Å². The lowest BCUT2D eigenvalue weighted by Gasteiger charge is -2.23. The Morgan fingerprint density at radius 1 is 1.12 bits per heavy atom. The molecule has 1 spiro atoms. The van der Waals surface area contributed by atoms with Gasteiger partial charge >= 0.3 is 0 Å². The molecule has 0 bridgehead atoms. The summed E-state index contributed by atoms with van der Waals surface area (Å²) in [6.45, 7) is 5.10. The second-order valence-corrected chi connectivity index (χ2v) is 7.64. The van der Waals surface area contributed by atoms with Gasteiger partial charge in [0, 0.05) is 19.8 Å². The molecule has 1 amide bonds. The normalized spacial score (nSPS) is 26.0. The number of nitrogens with zero attached hydrogens (tertiary/aromatic N) is 2. The number of aryl methyl sites for hydroxylation is 2. The highest BCUT2D eigenvalue weighted by Gasteiger charge is 2.50. The van der Waals surface area contributed by atoms with E-state index in [1.807, 2.05) is 18.1 Å². The number of rotatable bonds is 2. The number of likely N-dealkylation sites (tertiary alicyclic amines) is 1. The predicted molar refractivity (Wildman–Crippen MR) is 99.2 cm³/mol. The Morgan fingerprint density at radius 2 is 1.88 bits per heavy atom. The lowest BCUT2D eigenvalue weighted by atomic mass is 9.96. The summed E-state index contributed by atoms with van der Waals surface area (Å²) >= 11 is 0. The minimum absolute atomic E-state index is 0.154. The third-order valence-electron chi connectivity index (χ3n) is 5.63. The number of likely N-dealkylation sites (N-methyl/N-ethyl adjacent to an activating group) is 1. The average molecular weight is 335 g/mol. The summed E-state index contributed by atoms with van der Waals surface area (Å²) in [6, 6.07) is 11.0. The highest BCUT2D eigenvalue weighted by atomic mass is 16.2. The molecular formula is C21H25N3O. The minimum Gasteiger partial charge on any atom is -0.344 e. The molecule has 1 aromatic heterocycles. The summed E-state index contributed by atoms with van der Waals surface area (Å²) in [5, 5.41) is 3.61. The molecule has 3 heterocycles. The van der Waals surface area contributed by atoms with E-state index in [0.29, 0.717) is 0 Å². The van der Waals surface area contributed by atoms with Crippen molar-refractivity contribution in [3.63, 3.8) is 0 Å². The number of hydrogen-bond acceptors (Lipinski definition) is 3. The summed E-state index contributed by atoms with van der Waals surface area (Å²) in [4.78, 5) is 19.0. The van der Waals surface area contributed by atoms with E-state index < -0.39 is 0 Å². The molecule has 0 saturated carbocycles. The van der Waals surface area contributed by atoms with Crippen molar-refractivity contribution in [2.75, 3.05) is 13.6 Å². The Labute approximate surface area is 149 Å². The Balaban J connectivity index is 1.61. The monoisotopic (exact) mass is 335 g/mol. The number of benzene rings is 1. The van der Waals surface area contributed by atoms with E-state index in [-0.39, 0.29) is 17.5 Å². The first-order chi connectivity index (χ1) is 12.0. The third kappa shape index (κ3) is 2.85. The highest BCUT2D eigenvalue weighted by Crippen LogP contribution is 2.39. The van der Waals surface area contributed by atoms with Gasteiger partial charge in [-0.1, -0.05) is 29.3 Å². The van der Waals surface area contributed by atoms with E-state index in [1.54, 1.807) is 0 Å². The van der Waals surface area contributed by atoms with Gasteiger partial charge in [-0.15, -0.1) is 0 Å². The van der Waals surface area contributed by atoms with Crippen molar-refractivity contribution in [3.05, 3.63) is 53.3 Å². The van der Waals surface area contributed by atoms with E-state index in [0.717, 1.165) is 31.5 Å². The molecule has 130 valence electrons. The highest BCUT2D eigenvalue weighted by molar-refractivity contribution is 5.88. The van der Waals surface area contributed by atoms with Crippen molar-refractivity contribution in [3.8, 4) is 11.1 Å². The van der Waals surface area contributed by atoms with Gasteiger partial charge < -0.3 is 4.90 Å². The third-order valence-corrected chi connectivity index (χ3v) is 5.63. The molecule has 4 rings (SSSR count). The molecule has 2 atom stereocenters. The Hall–Kier alpha value is -2.20. The second kappa shape index (κ2) is 5.95. The van der Waals surface area contributed by atoms with Crippen LogP contribution in [0.25, 0.3) is 11.1 Å². The van der Waals surface area contributed by atoms with Crippen molar-refractivity contribution in [2.45, 2.75) is 44.7 Å². The van der Waals surface area contributed by atoms with Crippen LogP contribution >= 0.6 is 0 Å². The van der Waals surface area contributed by atoms with E-state index in [2.05, 4.69) is 54.5 Å². The van der Waals surface area contributed by atoms with Crippen LogP contribution in [0.1, 0.15) is 42.1 Å². The van der Waals surface area contributed by atoms with Crippen LogP contribution in [0, 0.1) is 13.8 Å². The van der Waals surface area contributed by atoms with Gasteiger partial charge in [-0.3, -0.25) is 15.1 Å². The molecule has 2 aromatic rings. The van der Waals surface area contributed by atoms with Gasteiger partial charge in [-0.05, 0) is 56.4 Å². The van der Waals surface area contributed by atoms with Crippen molar-refractivity contribution in [2.24, 2.45) is 0 Å². The number of carbonyl (C=O) groups excluding carboxylic acids is 1. The van der Waals surface area contributed by atoms with Crippen LogP contribution in [0.5, 0.6) is 0 Å². The van der Waals surface area contributed by atoms with E-state index in [9.17, 15) is 4.79 Å². The Kier molecular flexibility index (Phi) is 3.88. The number of aromatic nitrogens is 1. The second-order valence-electron chi connectivity index (χ2n) is 7.64. The largest absolute Gasteiger partial charge is 0.344 e. The molecule has 4 heteroatoms. The minimum atomic E-state index is -0.364. The van der Waals surface area contributed by atoms with Crippen LogP contribution in [0.4, 0.5) is 0 Å². The lowest BCUT2D eigenvalue weighted by Crippen LogP contribution is -2.47. The number of nitrogens with one attached hydrogen (secondary N) is 1. The van der Waals surface area contributed by atoms with Crippen LogP contribution in [0.2, 0.25) is 0 Å². The summed E-state index contributed by atoms with van der Waals surface area (Å²) in [6.07, 6.45) is 4.65. The number of amides is 1. The predicted octanol–water partition coefficient (Wildman–Crippen LogP) is 3.39. The molecule has 4 nitrogen and oxygen atoms in total. The maximum absolute atomic E-state index is 12.5. The Morgan fingerprint density at radius 3 is 2.56 bits per heavy atom. The number of pyridine rings is 1. The van der Waals surface area contributed by atoms with Gasteiger partial charge in [0.25, 0.3) is 0 Å². The number of hydrogen-bond donors (Lipinski definition) is 1. The van der Waals surface area contributed by atoms with Gasteiger partial charge in [0.15, 0.2) is 0 Å². The molecule has 2 aliphatic heterocycles. The van der Waals surface area contributed by atoms with Crippen molar-refractivity contribution < 1.29 is 4.79 Å². The summed E-state index contributed by atoms with van der Waals surface area (Å²) in [5.74, 6) is 0.237. The fraction of sp³-hybridized carbons (Fsp3) is 0.429. The van der Waals surface area contributed by atoms with Crippen LogP contribution in [0.3, 0.4) is 0 Å². The Bertz CT molecular complexity index is 811. The van der Waals surface area contributed by atoms with Gasteiger partial charge in [0.1, 0.15) is 5.54 Å². The topological polar surface area (TPSA) is 45.2 Å². The van der Waals surface area contributed by atoms with E-state index >= 15 is 0 Å². The smallest absolute Gasteiger partial charge is 0.242 e. The molecular weight excluding hydrogens is 310 g/mol. The van der Waals surface area contributed by atoms with Gasteiger partial charge in [-0.25, -0.2) is 0 Å². The summed E-state index contributed by atoms with van der Waals surface area (Å²) < 4.78 is 0. The van der Waals surface area contributed by atoms with Crippen LogP contribution in [0.15, 0.2) is 36.5 Å². The zero-order valence-corrected chi connectivity index (χ0v) is 15.2. The first-order valence-corrected chi connectivity index (χ1v) is 9.05. The van der Waals surface area contributed by atoms with E-state index in [1.165, 1.54) is 22.3 Å². The quantitative estimate of drug-likeness (QED) is 0.915.